The van der Waals surface area contributed by atoms with Crippen LogP contribution in [0.1, 0.15) is 23.9 Å². The van der Waals surface area contributed by atoms with Crippen molar-refractivity contribution in [2.75, 3.05) is 6.54 Å². The van der Waals surface area contributed by atoms with Crippen LogP contribution >= 0.6 is 0 Å². The highest BCUT2D eigenvalue weighted by atomic mass is 15.0. The van der Waals surface area contributed by atoms with Crippen LogP contribution in [-0.2, 0) is 0 Å². The van der Waals surface area contributed by atoms with E-state index in [9.17, 15) is 0 Å². The molecule has 2 rings (SSSR count). The predicted octanol–water partition coefficient (Wildman–Crippen LogP) is 0.819. The zero-order chi connectivity index (χ0) is 7.68. The summed E-state index contributed by atoms with van der Waals surface area (Å²) in [4.78, 5) is 8.45. The van der Waals surface area contributed by atoms with Gasteiger partial charge in [0, 0.05) is 12.4 Å². The molecule has 2 heterocycles. The quantitative estimate of drug-likeness (QED) is 0.642. The number of nitrogens with zero attached hydrogens (tertiary/aromatic N) is 2. The minimum Gasteiger partial charge on any atom is -0.307 e. The van der Waals surface area contributed by atoms with Crippen molar-refractivity contribution in [3.8, 4) is 0 Å². The number of nitrogens with one attached hydrogen (secondary N) is 1. The van der Waals surface area contributed by atoms with Crippen LogP contribution < -0.4 is 5.32 Å². The Morgan fingerprint density at radius 2 is 2.09 bits per heavy atom. The van der Waals surface area contributed by atoms with Crippen LogP contribution in [0.4, 0.5) is 0 Å². The van der Waals surface area contributed by atoms with E-state index in [0.29, 0.717) is 6.04 Å². The second-order valence-electron chi connectivity index (χ2n) is 2.91. The Labute approximate surface area is 65.9 Å². The largest absolute Gasteiger partial charge is 0.307 e. The predicted molar refractivity (Wildman–Crippen MR) is 42.1 cm³/mol. The number of aryl methyl sites for hydroxylation is 1. The van der Waals surface area contributed by atoms with E-state index in [2.05, 4.69) is 15.3 Å². The molecule has 58 valence electrons. The third-order valence-corrected chi connectivity index (χ3v) is 1.94. The molecule has 1 aliphatic rings. The highest BCUT2D eigenvalue weighted by molar-refractivity contribution is 5.06. The van der Waals surface area contributed by atoms with Gasteiger partial charge < -0.3 is 5.32 Å². The molecule has 0 aliphatic carbocycles. The van der Waals surface area contributed by atoms with Crippen LogP contribution in [0, 0.1) is 6.92 Å². The molecule has 1 atom stereocenters. The Bertz CT molecular complexity index is 238. The average molecular weight is 149 g/mol. The highest BCUT2D eigenvalue weighted by Crippen LogP contribution is 2.17. The summed E-state index contributed by atoms with van der Waals surface area (Å²) in [6.07, 6.45) is 4.90. The summed E-state index contributed by atoms with van der Waals surface area (Å²) in [6.45, 7) is 3.10. The van der Waals surface area contributed by atoms with Crippen LogP contribution in [0.2, 0.25) is 0 Å². The summed E-state index contributed by atoms with van der Waals surface area (Å²) in [6, 6.07) is 0.413. The number of hydrogen-bond donors (Lipinski definition) is 1. The van der Waals surface area contributed by atoms with Gasteiger partial charge in [0.15, 0.2) is 0 Å². The van der Waals surface area contributed by atoms with Crippen molar-refractivity contribution in [1.29, 1.82) is 0 Å². The lowest BCUT2D eigenvalue weighted by Gasteiger charge is -2.25. The van der Waals surface area contributed by atoms with Crippen molar-refractivity contribution in [2.24, 2.45) is 0 Å². The van der Waals surface area contributed by atoms with Gasteiger partial charge in [-0.25, -0.2) is 9.97 Å². The first kappa shape index (κ1) is 6.73. The lowest BCUT2D eigenvalue weighted by Crippen LogP contribution is -2.36. The standard InChI is InChI=1S/C8H11N3/c1-6-4-10-8(11-5-6)7-2-3-9-7/h4-5,7,9H,2-3H2,1H3. The first-order valence-electron chi connectivity index (χ1n) is 3.88. The molecular weight excluding hydrogens is 138 g/mol. The van der Waals surface area contributed by atoms with E-state index < -0.39 is 0 Å². The molecule has 3 nitrogen and oxygen atoms in total. The van der Waals surface area contributed by atoms with Gasteiger partial charge in [0.1, 0.15) is 5.82 Å². The Morgan fingerprint density at radius 3 is 2.55 bits per heavy atom. The molecule has 1 N–H and O–H groups in total. The maximum Gasteiger partial charge on any atom is 0.145 e. The molecule has 0 aromatic carbocycles. The Kier molecular flexibility index (Phi) is 1.58. The first-order chi connectivity index (χ1) is 5.36. The van der Waals surface area contributed by atoms with Crippen molar-refractivity contribution < 1.29 is 0 Å². The van der Waals surface area contributed by atoms with Crippen molar-refractivity contribution in [1.82, 2.24) is 15.3 Å². The second kappa shape index (κ2) is 2.58. The highest BCUT2D eigenvalue weighted by Gasteiger charge is 2.20. The SMILES string of the molecule is Cc1cnc(C2CCN2)nc1. The van der Waals surface area contributed by atoms with Crippen molar-refractivity contribution in [3.05, 3.63) is 23.8 Å². The van der Waals surface area contributed by atoms with Gasteiger partial charge in [-0.15, -0.1) is 0 Å². The van der Waals surface area contributed by atoms with Gasteiger partial charge in [-0.2, -0.15) is 0 Å². The third-order valence-electron chi connectivity index (χ3n) is 1.94. The molecular formula is C8H11N3. The second-order valence-corrected chi connectivity index (χ2v) is 2.91. The Balaban J connectivity index is 2.18. The minimum absolute atomic E-state index is 0.413. The van der Waals surface area contributed by atoms with Gasteiger partial charge >= 0.3 is 0 Å². The molecule has 0 spiro atoms. The van der Waals surface area contributed by atoms with Crippen LogP contribution in [0.3, 0.4) is 0 Å². The summed E-state index contributed by atoms with van der Waals surface area (Å²) >= 11 is 0. The maximum absolute atomic E-state index is 4.23. The fourth-order valence-corrected chi connectivity index (χ4v) is 1.09. The van der Waals surface area contributed by atoms with Gasteiger partial charge in [-0.1, -0.05) is 0 Å². The molecule has 1 aromatic heterocycles. The summed E-state index contributed by atoms with van der Waals surface area (Å²) in [5.74, 6) is 0.932. The number of aromatic nitrogens is 2. The van der Waals surface area contributed by atoms with Crippen molar-refractivity contribution in [2.45, 2.75) is 19.4 Å². The van der Waals surface area contributed by atoms with Crippen molar-refractivity contribution in [3.63, 3.8) is 0 Å². The van der Waals surface area contributed by atoms with Gasteiger partial charge in [0.25, 0.3) is 0 Å². The summed E-state index contributed by atoms with van der Waals surface area (Å²) in [7, 11) is 0. The molecule has 1 saturated heterocycles. The van der Waals surface area contributed by atoms with E-state index in [0.717, 1.165) is 17.9 Å². The van der Waals surface area contributed by atoms with E-state index >= 15 is 0 Å². The van der Waals surface area contributed by atoms with Gasteiger partial charge in [0.05, 0.1) is 6.04 Å². The topological polar surface area (TPSA) is 37.8 Å². The third kappa shape index (κ3) is 1.24. The monoisotopic (exact) mass is 149 g/mol. The summed E-state index contributed by atoms with van der Waals surface area (Å²) in [5.41, 5.74) is 1.12. The molecule has 3 heteroatoms. The number of hydrogen-bond acceptors (Lipinski definition) is 3. The fourth-order valence-electron chi connectivity index (χ4n) is 1.09. The van der Waals surface area contributed by atoms with Crippen LogP contribution in [-0.4, -0.2) is 16.5 Å². The van der Waals surface area contributed by atoms with E-state index in [1.54, 1.807) is 0 Å². The molecule has 0 amide bonds. The fraction of sp³-hybridized carbons (Fsp3) is 0.500. The first-order valence-corrected chi connectivity index (χ1v) is 3.88. The smallest absolute Gasteiger partial charge is 0.145 e. The molecule has 1 aliphatic heterocycles. The minimum atomic E-state index is 0.413. The number of rotatable bonds is 1. The summed E-state index contributed by atoms with van der Waals surface area (Å²) < 4.78 is 0. The lowest BCUT2D eigenvalue weighted by molar-refractivity contribution is 0.366. The molecule has 1 unspecified atom stereocenters. The average Bonchev–Trinajstić information content (AvgIpc) is 1.90. The lowest BCUT2D eigenvalue weighted by atomic mass is 10.1. The van der Waals surface area contributed by atoms with Gasteiger partial charge in [0.2, 0.25) is 0 Å². The Morgan fingerprint density at radius 1 is 1.45 bits per heavy atom. The van der Waals surface area contributed by atoms with Crippen LogP contribution in [0.5, 0.6) is 0 Å². The summed E-state index contributed by atoms with van der Waals surface area (Å²) in [5, 5.41) is 3.26. The molecule has 11 heavy (non-hydrogen) atoms. The van der Waals surface area contributed by atoms with E-state index in [1.165, 1.54) is 6.42 Å². The molecule has 0 radical (unpaired) electrons. The van der Waals surface area contributed by atoms with E-state index in [-0.39, 0.29) is 0 Å². The van der Waals surface area contributed by atoms with Crippen LogP contribution in [0.15, 0.2) is 12.4 Å². The van der Waals surface area contributed by atoms with Crippen LogP contribution in [0.25, 0.3) is 0 Å². The normalized spacial score (nSPS) is 22.8. The molecule has 0 bridgehead atoms. The zero-order valence-electron chi connectivity index (χ0n) is 6.54. The molecule has 1 aromatic rings. The van der Waals surface area contributed by atoms with E-state index in [4.69, 9.17) is 0 Å². The Hall–Kier alpha value is -0.960. The molecule has 1 fully saturated rings. The zero-order valence-corrected chi connectivity index (χ0v) is 6.54. The molecule has 0 saturated carbocycles. The van der Waals surface area contributed by atoms with Crippen molar-refractivity contribution >= 4 is 0 Å². The van der Waals surface area contributed by atoms with Gasteiger partial charge in [-0.05, 0) is 25.5 Å². The van der Waals surface area contributed by atoms with Gasteiger partial charge in [-0.3, -0.25) is 0 Å². The van der Waals surface area contributed by atoms with E-state index in [1.807, 2.05) is 19.3 Å². The maximum atomic E-state index is 4.23.